The number of aryl methyl sites for hydroxylation is 2. The molecule has 0 unspecified atom stereocenters. The topological polar surface area (TPSA) is 70.3 Å². The monoisotopic (exact) mass is 213 g/mol. The Labute approximate surface area is 89.7 Å². The zero-order valence-electron chi connectivity index (χ0n) is 9.49. The van der Waals surface area contributed by atoms with E-state index in [2.05, 4.69) is 10.4 Å². The molecule has 0 aliphatic heterocycles. The Balaban J connectivity index is 2.50. The van der Waals surface area contributed by atoms with Crippen LogP contribution in [-0.4, -0.2) is 39.2 Å². The third-order valence-corrected chi connectivity index (χ3v) is 2.55. The van der Waals surface area contributed by atoms with E-state index in [0.29, 0.717) is 13.1 Å². The minimum Gasteiger partial charge on any atom is -0.394 e. The minimum absolute atomic E-state index is 0.210. The molecule has 3 N–H and O–H groups in total. The van der Waals surface area contributed by atoms with E-state index < -0.39 is 6.10 Å². The number of aliphatic hydroxyl groups is 2. The van der Waals surface area contributed by atoms with Crippen molar-refractivity contribution in [1.29, 1.82) is 0 Å². The Morgan fingerprint density at radius 3 is 2.60 bits per heavy atom. The average Bonchev–Trinajstić information content (AvgIpc) is 2.44. The molecule has 5 heteroatoms. The molecule has 0 fully saturated rings. The number of aromatic nitrogens is 2. The lowest BCUT2D eigenvalue weighted by atomic mass is 10.2. The summed E-state index contributed by atoms with van der Waals surface area (Å²) >= 11 is 0. The smallest absolute Gasteiger partial charge is 0.0895 e. The van der Waals surface area contributed by atoms with Gasteiger partial charge in [-0.1, -0.05) is 0 Å². The van der Waals surface area contributed by atoms with Crippen LogP contribution < -0.4 is 5.32 Å². The number of hydrogen-bond acceptors (Lipinski definition) is 4. The van der Waals surface area contributed by atoms with Gasteiger partial charge in [-0.05, 0) is 13.8 Å². The van der Waals surface area contributed by atoms with Gasteiger partial charge in [0.25, 0.3) is 0 Å². The molecule has 1 heterocycles. The van der Waals surface area contributed by atoms with Gasteiger partial charge in [-0.3, -0.25) is 4.68 Å². The Hall–Kier alpha value is -0.910. The summed E-state index contributed by atoms with van der Waals surface area (Å²) in [6.07, 6.45) is -0.692. The highest BCUT2D eigenvalue weighted by Gasteiger charge is 2.09. The Bertz CT molecular complexity index is 323. The van der Waals surface area contributed by atoms with Crippen molar-refractivity contribution in [3.05, 3.63) is 17.0 Å². The highest BCUT2D eigenvalue weighted by atomic mass is 16.3. The molecule has 1 aromatic heterocycles. The van der Waals surface area contributed by atoms with Crippen molar-refractivity contribution < 1.29 is 10.2 Å². The molecule has 5 nitrogen and oxygen atoms in total. The Morgan fingerprint density at radius 2 is 2.13 bits per heavy atom. The van der Waals surface area contributed by atoms with Crippen molar-refractivity contribution in [3.8, 4) is 0 Å². The van der Waals surface area contributed by atoms with Gasteiger partial charge in [0.2, 0.25) is 0 Å². The van der Waals surface area contributed by atoms with Crippen LogP contribution in [0.5, 0.6) is 0 Å². The van der Waals surface area contributed by atoms with Gasteiger partial charge in [0.1, 0.15) is 0 Å². The van der Waals surface area contributed by atoms with Gasteiger partial charge in [-0.15, -0.1) is 0 Å². The molecule has 1 aromatic rings. The largest absolute Gasteiger partial charge is 0.394 e. The molecule has 0 amide bonds. The molecule has 1 rings (SSSR count). The first kappa shape index (κ1) is 12.2. The van der Waals surface area contributed by atoms with Crippen LogP contribution in [-0.2, 0) is 13.6 Å². The van der Waals surface area contributed by atoms with E-state index >= 15 is 0 Å². The van der Waals surface area contributed by atoms with E-state index in [0.717, 1.165) is 17.0 Å². The lowest BCUT2D eigenvalue weighted by molar-refractivity contribution is 0.0942. The first-order valence-electron chi connectivity index (χ1n) is 5.05. The lowest BCUT2D eigenvalue weighted by Gasteiger charge is -2.08. The molecule has 86 valence electrons. The Morgan fingerprint density at radius 1 is 1.47 bits per heavy atom. The third kappa shape index (κ3) is 3.02. The van der Waals surface area contributed by atoms with Crippen molar-refractivity contribution in [2.75, 3.05) is 13.2 Å². The molecule has 0 aliphatic rings. The van der Waals surface area contributed by atoms with Gasteiger partial charge in [0.15, 0.2) is 0 Å². The second-order valence-electron chi connectivity index (χ2n) is 3.74. The van der Waals surface area contributed by atoms with Gasteiger partial charge < -0.3 is 15.5 Å². The molecular formula is C10H19N3O2. The fourth-order valence-corrected chi connectivity index (χ4v) is 1.50. The van der Waals surface area contributed by atoms with E-state index in [1.54, 1.807) is 0 Å². The van der Waals surface area contributed by atoms with Crippen LogP contribution in [0.25, 0.3) is 0 Å². The second kappa shape index (κ2) is 5.25. The fraction of sp³-hybridized carbons (Fsp3) is 0.700. The van der Waals surface area contributed by atoms with Crippen molar-refractivity contribution in [2.45, 2.75) is 26.5 Å². The molecule has 0 saturated carbocycles. The van der Waals surface area contributed by atoms with Crippen molar-refractivity contribution in [1.82, 2.24) is 15.1 Å². The van der Waals surface area contributed by atoms with E-state index in [1.807, 2.05) is 25.6 Å². The summed E-state index contributed by atoms with van der Waals surface area (Å²) < 4.78 is 1.84. The molecule has 0 aliphatic carbocycles. The number of aliphatic hydroxyl groups excluding tert-OH is 2. The van der Waals surface area contributed by atoms with Crippen LogP contribution in [0.1, 0.15) is 17.0 Å². The molecule has 1 atom stereocenters. The van der Waals surface area contributed by atoms with Gasteiger partial charge >= 0.3 is 0 Å². The van der Waals surface area contributed by atoms with Gasteiger partial charge in [-0.2, -0.15) is 5.10 Å². The molecule has 0 saturated heterocycles. The molecule has 0 spiro atoms. The van der Waals surface area contributed by atoms with Gasteiger partial charge in [-0.25, -0.2) is 0 Å². The summed E-state index contributed by atoms with van der Waals surface area (Å²) in [5.74, 6) is 0. The maximum Gasteiger partial charge on any atom is 0.0895 e. The quantitative estimate of drug-likeness (QED) is 0.615. The SMILES string of the molecule is Cc1nn(C)c(C)c1CNC[C@H](O)CO. The predicted octanol–water partition coefficient (Wildman–Crippen LogP) is -0.520. The van der Waals surface area contributed by atoms with Crippen LogP contribution in [0.15, 0.2) is 0 Å². The predicted molar refractivity (Wildman–Crippen MR) is 57.5 cm³/mol. The maximum atomic E-state index is 9.15. The summed E-state index contributed by atoms with van der Waals surface area (Å²) in [6.45, 7) is 4.83. The molecule has 0 aromatic carbocycles. The number of hydrogen-bond donors (Lipinski definition) is 3. The highest BCUT2D eigenvalue weighted by Crippen LogP contribution is 2.10. The third-order valence-electron chi connectivity index (χ3n) is 2.55. The van der Waals surface area contributed by atoms with E-state index in [-0.39, 0.29) is 6.61 Å². The summed E-state index contributed by atoms with van der Waals surface area (Å²) in [5.41, 5.74) is 3.28. The van der Waals surface area contributed by atoms with Gasteiger partial charge in [0, 0.05) is 31.4 Å². The highest BCUT2D eigenvalue weighted by molar-refractivity contribution is 5.23. The molecule has 15 heavy (non-hydrogen) atoms. The lowest BCUT2D eigenvalue weighted by Crippen LogP contribution is -2.29. The number of nitrogens with one attached hydrogen (secondary N) is 1. The first-order chi connectivity index (χ1) is 7.06. The van der Waals surface area contributed by atoms with Crippen LogP contribution in [0.4, 0.5) is 0 Å². The van der Waals surface area contributed by atoms with E-state index in [4.69, 9.17) is 10.2 Å². The average molecular weight is 213 g/mol. The first-order valence-corrected chi connectivity index (χ1v) is 5.05. The summed E-state index contributed by atoms with van der Waals surface area (Å²) in [5, 5.41) is 25.2. The standard InChI is InChI=1S/C10H19N3O2/c1-7-10(8(2)13(3)12-7)5-11-4-9(15)6-14/h9,11,14-15H,4-6H2,1-3H3/t9-/m0/s1. The second-order valence-corrected chi connectivity index (χ2v) is 3.74. The Kier molecular flexibility index (Phi) is 4.26. The van der Waals surface area contributed by atoms with Gasteiger partial charge in [0.05, 0.1) is 18.4 Å². The maximum absolute atomic E-state index is 9.15. The zero-order valence-corrected chi connectivity index (χ0v) is 9.49. The summed E-state index contributed by atoms with van der Waals surface area (Å²) in [6, 6.07) is 0. The number of rotatable bonds is 5. The fourth-order valence-electron chi connectivity index (χ4n) is 1.50. The zero-order chi connectivity index (χ0) is 11.4. The van der Waals surface area contributed by atoms with Crippen LogP contribution in [0.2, 0.25) is 0 Å². The number of nitrogens with zero attached hydrogens (tertiary/aromatic N) is 2. The summed E-state index contributed by atoms with van der Waals surface area (Å²) in [4.78, 5) is 0. The van der Waals surface area contributed by atoms with Crippen LogP contribution >= 0.6 is 0 Å². The van der Waals surface area contributed by atoms with Crippen LogP contribution in [0, 0.1) is 13.8 Å². The summed E-state index contributed by atoms with van der Waals surface area (Å²) in [7, 11) is 1.91. The molecule has 0 radical (unpaired) electrons. The molecule has 0 bridgehead atoms. The van der Waals surface area contributed by atoms with Crippen molar-refractivity contribution >= 4 is 0 Å². The van der Waals surface area contributed by atoms with Crippen LogP contribution in [0.3, 0.4) is 0 Å². The molecular weight excluding hydrogens is 194 g/mol. The minimum atomic E-state index is -0.692. The van der Waals surface area contributed by atoms with E-state index in [9.17, 15) is 0 Å². The normalized spacial score (nSPS) is 13.1. The van der Waals surface area contributed by atoms with Crippen molar-refractivity contribution in [2.24, 2.45) is 7.05 Å². The van der Waals surface area contributed by atoms with E-state index in [1.165, 1.54) is 0 Å². The van der Waals surface area contributed by atoms with Crippen molar-refractivity contribution in [3.63, 3.8) is 0 Å².